The largest absolute Gasteiger partial charge is 0.394 e. The summed E-state index contributed by atoms with van der Waals surface area (Å²) in [4.78, 5) is 25.0. The first-order valence-corrected chi connectivity index (χ1v) is 8.31. The average molecular weight is 372 g/mol. The third kappa shape index (κ3) is 3.36. The van der Waals surface area contributed by atoms with Gasteiger partial charge in [0, 0.05) is 26.5 Å². The Morgan fingerprint density at radius 1 is 1.23 bits per heavy atom. The standard InChI is InChI=1S/C16H24N2O8/c1-16(2)25-12-9(8-19)24-14(13(12)26-16)17-6-5-10(20)18(15(17)21)7-11(22-3)23-4/h5-6,9,11-14,19H,7-8H2,1-4H3/t9-,12-,13-,14-/m1/s1. The van der Waals surface area contributed by atoms with Crippen LogP contribution in [-0.4, -0.2) is 65.5 Å². The van der Waals surface area contributed by atoms with E-state index in [1.807, 2.05) is 0 Å². The molecule has 0 amide bonds. The Labute approximate surface area is 149 Å². The number of aromatic nitrogens is 2. The maximum absolute atomic E-state index is 12.9. The monoisotopic (exact) mass is 372 g/mol. The summed E-state index contributed by atoms with van der Waals surface area (Å²) in [6, 6.07) is 1.26. The van der Waals surface area contributed by atoms with Crippen LogP contribution < -0.4 is 11.2 Å². The van der Waals surface area contributed by atoms with Gasteiger partial charge in [0.2, 0.25) is 0 Å². The van der Waals surface area contributed by atoms with Crippen molar-refractivity contribution in [3.8, 4) is 0 Å². The highest BCUT2D eigenvalue weighted by Crippen LogP contribution is 2.42. The van der Waals surface area contributed by atoms with Crippen LogP contribution in [0, 0.1) is 0 Å². The molecule has 2 aliphatic heterocycles. The summed E-state index contributed by atoms with van der Waals surface area (Å²) in [6.07, 6.45) is -1.97. The molecule has 0 bridgehead atoms. The van der Waals surface area contributed by atoms with E-state index in [4.69, 9.17) is 23.7 Å². The summed E-state index contributed by atoms with van der Waals surface area (Å²) in [5.41, 5.74) is -1.07. The number of fused-ring (bicyclic) bond motifs is 1. The molecule has 2 saturated heterocycles. The van der Waals surface area contributed by atoms with E-state index < -0.39 is 47.9 Å². The molecule has 2 aliphatic rings. The lowest BCUT2D eigenvalue weighted by Gasteiger charge is -2.25. The maximum Gasteiger partial charge on any atom is 0.333 e. The molecular formula is C16H24N2O8. The number of methoxy groups -OCH3 is 2. The van der Waals surface area contributed by atoms with Gasteiger partial charge >= 0.3 is 5.69 Å². The van der Waals surface area contributed by atoms with Crippen molar-refractivity contribution < 1.29 is 28.8 Å². The van der Waals surface area contributed by atoms with Gasteiger partial charge in [-0.25, -0.2) is 4.79 Å². The fourth-order valence-electron chi connectivity index (χ4n) is 3.32. The van der Waals surface area contributed by atoms with E-state index in [1.165, 1.54) is 31.0 Å². The highest BCUT2D eigenvalue weighted by molar-refractivity contribution is 4.99. The molecule has 1 aromatic rings. The third-order valence-electron chi connectivity index (χ3n) is 4.53. The highest BCUT2D eigenvalue weighted by Gasteiger charge is 2.55. The van der Waals surface area contributed by atoms with Crippen molar-refractivity contribution in [2.75, 3.05) is 20.8 Å². The van der Waals surface area contributed by atoms with Gasteiger partial charge in [-0.3, -0.25) is 13.9 Å². The van der Waals surface area contributed by atoms with Crippen molar-refractivity contribution in [1.82, 2.24) is 9.13 Å². The van der Waals surface area contributed by atoms with E-state index in [0.29, 0.717) is 0 Å². The first kappa shape index (κ1) is 19.2. The summed E-state index contributed by atoms with van der Waals surface area (Å²) in [7, 11) is 2.84. The van der Waals surface area contributed by atoms with E-state index in [-0.39, 0.29) is 13.2 Å². The minimum Gasteiger partial charge on any atom is -0.394 e. The lowest BCUT2D eigenvalue weighted by atomic mass is 10.1. The van der Waals surface area contributed by atoms with Crippen LogP contribution in [0.5, 0.6) is 0 Å². The lowest BCUT2D eigenvalue weighted by Crippen LogP contribution is -2.45. The zero-order chi connectivity index (χ0) is 19.1. The molecule has 0 unspecified atom stereocenters. The van der Waals surface area contributed by atoms with Gasteiger partial charge in [-0.2, -0.15) is 0 Å². The Morgan fingerprint density at radius 3 is 2.50 bits per heavy atom. The van der Waals surface area contributed by atoms with Gasteiger partial charge in [0.15, 0.2) is 18.3 Å². The molecule has 26 heavy (non-hydrogen) atoms. The zero-order valence-electron chi connectivity index (χ0n) is 15.2. The van der Waals surface area contributed by atoms with Crippen LogP contribution >= 0.6 is 0 Å². The van der Waals surface area contributed by atoms with Gasteiger partial charge in [-0.05, 0) is 13.8 Å². The van der Waals surface area contributed by atoms with Crippen molar-refractivity contribution in [1.29, 1.82) is 0 Å². The fraction of sp³-hybridized carbons (Fsp3) is 0.750. The zero-order valence-corrected chi connectivity index (χ0v) is 15.2. The van der Waals surface area contributed by atoms with Gasteiger partial charge in [0.05, 0.1) is 13.2 Å². The van der Waals surface area contributed by atoms with Crippen LogP contribution in [0.3, 0.4) is 0 Å². The highest BCUT2D eigenvalue weighted by atomic mass is 16.8. The van der Waals surface area contributed by atoms with Gasteiger partial charge in [-0.1, -0.05) is 0 Å². The normalized spacial score (nSPS) is 30.1. The average Bonchev–Trinajstić information content (AvgIpc) is 3.08. The van der Waals surface area contributed by atoms with Crippen molar-refractivity contribution in [3.05, 3.63) is 33.1 Å². The maximum atomic E-state index is 12.9. The second-order valence-electron chi connectivity index (χ2n) is 6.67. The summed E-state index contributed by atoms with van der Waals surface area (Å²) >= 11 is 0. The lowest BCUT2D eigenvalue weighted by molar-refractivity contribution is -0.200. The first-order valence-electron chi connectivity index (χ1n) is 8.31. The van der Waals surface area contributed by atoms with E-state index in [2.05, 4.69) is 0 Å². The molecule has 0 aliphatic carbocycles. The first-order chi connectivity index (χ1) is 12.3. The van der Waals surface area contributed by atoms with Crippen molar-refractivity contribution in [2.45, 2.75) is 57.0 Å². The van der Waals surface area contributed by atoms with E-state index >= 15 is 0 Å². The van der Waals surface area contributed by atoms with E-state index in [1.54, 1.807) is 13.8 Å². The van der Waals surface area contributed by atoms with Gasteiger partial charge in [0.1, 0.15) is 18.3 Å². The van der Waals surface area contributed by atoms with Crippen LogP contribution in [0.15, 0.2) is 21.9 Å². The van der Waals surface area contributed by atoms with Crippen molar-refractivity contribution >= 4 is 0 Å². The number of aliphatic hydroxyl groups excluding tert-OH is 1. The Bertz CT molecular complexity index is 753. The molecular weight excluding hydrogens is 348 g/mol. The number of aliphatic hydroxyl groups is 1. The predicted octanol–water partition coefficient (Wildman–Crippen LogP) is -0.961. The smallest absolute Gasteiger partial charge is 0.333 e. The molecule has 3 rings (SSSR count). The van der Waals surface area contributed by atoms with Gasteiger partial charge < -0.3 is 28.8 Å². The molecule has 2 fully saturated rings. The Hall–Kier alpha value is -1.56. The Kier molecular flexibility index (Phi) is 5.33. The summed E-state index contributed by atoms with van der Waals surface area (Å²) in [5.74, 6) is -0.861. The number of ether oxygens (including phenoxy) is 5. The number of nitrogens with zero attached hydrogens (tertiary/aromatic N) is 2. The topological polar surface area (TPSA) is 110 Å². The number of hydrogen-bond donors (Lipinski definition) is 1. The second kappa shape index (κ2) is 7.22. The quantitative estimate of drug-likeness (QED) is 0.636. The summed E-state index contributed by atoms with van der Waals surface area (Å²) < 4.78 is 29.8. The molecule has 0 radical (unpaired) electrons. The molecule has 4 atom stereocenters. The Morgan fingerprint density at radius 2 is 1.88 bits per heavy atom. The molecule has 10 heteroatoms. The van der Waals surface area contributed by atoms with Crippen LogP contribution in [0.1, 0.15) is 20.1 Å². The number of hydrogen-bond acceptors (Lipinski definition) is 8. The molecule has 0 spiro atoms. The minimum atomic E-state index is -0.861. The molecule has 10 nitrogen and oxygen atoms in total. The third-order valence-corrected chi connectivity index (χ3v) is 4.53. The SMILES string of the molecule is COC(Cn1c(=O)ccn([C@@H]2O[C@H](CO)[C@H]3OC(C)(C)O[C@H]32)c1=O)OC. The molecule has 3 heterocycles. The predicted molar refractivity (Wildman–Crippen MR) is 87.6 cm³/mol. The van der Waals surface area contributed by atoms with Crippen LogP contribution in [-0.2, 0) is 30.2 Å². The molecule has 1 N–H and O–H groups in total. The van der Waals surface area contributed by atoms with Crippen molar-refractivity contribution in [2.24, 2.45) is 0 Å². The van der Waals surface area contributed by atoms with Gasteiger partial charge in [-0.15, -0.1) is 0 Å². The van der Waals surface area contributed by atoms with E-state index in [9.17, 15) is 14.7 Å². The van der Waals surface area contributed by atoms with E-state index in [0.717, 1.165) is 4.57 Å². The Balaban J connectivity index is 1.97. The second-order valence-corrected chi connectivity index (χ2v) is 6.67. The molecule has 1 aromatic heterocycles. The van der Waals surface area contributed by atoms with Crippen LogP contribution in [0.4, 0.5) is 0 Å². The van der Waals surface area contributed by atoms with Gasteiger partial charge in [0.25, 0.3) is 5.56 Å². The molecule has 146 valence electrons. The van der Waals surface area contributed by atoms with Crippen LogP contribution in [0.25, 0.3) is 0 Å². The summed E-state index contributed by atoms with van der Waals surface area (Å²) in [5, 5.41) is 9.56. The minimum absolute atomic E-state index is 0.0708. The molecule has 0 saturated carbocycles. The number of rotatable bonds is 6. The van der Waals surface area contributed by atoms with Crippen LogP contribution in [0.2, 0.25) is 0 Å². The fourth-order valence-corrected chi connectivity index (χ4v) is 3.32. The molecule has 0 aromatic carbocycles. The van der Waals surface area contributed by atoms with Crippen molar-refractivity contribution in [3.63, 3.8) is 0 Å². The summed E-state index contributed by atoms with van der Waals surface area (Å²) in [6.45, 7) is 3.16.